The second-order valence-corrected chi connectivity index (χ2v) is 10.0. The van der Waals surface area contributed by atoms with Crippen LogP contribution < -0.4 is 9.47 Å². The van der Waals surface area contributed by atoms with E-state index in [2.05, 4.69) is 4.98 Å². The van der Waals surface area contributed by atoms with Gasteiger partial charge in [0.1, 0.15) is 37.9 Å². The molecule has 0 amide bonds. The lowest BCUT2D eigenvalue weighted by Crippen LogP contribution is -2.18. The third-order valence-electron chi connectivity index (χ3n) is 7.37. The number of fused-ring (bicyclic) bond motifs is 6. The molecule has 0 aliphatic rings. The summed E-state index contributed by atoms with van der Waals surface area (Å²) in [7, 11) is 0. The zero-order valence-electron chi connectivity index (χ0n) is 23.6. The van der Waals surface area contributed by atoms with Gasteiger partial charge in [-0.1, -0.05) is 72.8 Å². The molecule has 9 heteroatoms. The van der Waals surface area contributed by atoms with Gasteiger partial charge < -0.3 is 18.9 Å². The van der Waals surface area contributed by atoms with E-state index in [0.29, 0.717) is 11.5 Å². The van der Waals surface area contributed by atoms with Gasteiger partial charge in [0, 0.05) is 27.6 Å². The maximum atomic E-state index is 13.0. The Morgan fingerprint density at radius 3 is 1.20 bits per heavy atom. The number of ether oxygens (including phenoxy) is 4. The Kier molecular flexibility index (Phi) is 7.25. The van der Waals surface area contributed by atoms with Gasteiger partial charge in [0.2, 0.25) is 0 Å². The minimum Gasteiger partial charge on any atom is -0.488 e. The van der Waals surface area contributed by atoms with Crippen molar-refractivity contribution in [2.75, 3.05) is 26.4 Å². The van der Waals surface area contributed by atoms with Gasteiger partial charge in [-0.2, -0.15) is 0 Å². The van der Waals surface area contributed by atoms with Crippen LogP contribution >= 0.6 is 0 Å². The number of carbonyl (C=O) groups is 2. The van der Waals surface area contributed by atoms with E-state index in [4.69, 9.17) is 18.9 Å². The van der Waals surface area contributed by atoms with E-state index in [1.165, 1.54) is 0 Å². The number of pyridine rings is 1. The molecule has 0 radical (unpaired) electrons. The molecule has 0 bridgehead atoms. The Hall–Kier alpha value is -5.83. The summed E-state index contributed by atoms with van der Waals surface area (Å²) in [5, 5.41) is 3.95. The first-order chi connectivity index (χ1) is 21.7. The minimum absolute atomic E-state index is 0.0451. The number of rotatable bonds is 8. The molecule has 218 valence electrons. The van der Waals surface area contributed by atoms with Crippen LogP contribution in [0.25, 0.3) is 43.6 Å². The molecule has 4 aromatic carbocycles. The van der Waals surface area contributed by atoms with Crippen molar-refractivity contribution in [3.8, 4) is 11.5 Å². The molecule has 7 rings (SSSR count). The lowest BCUT2D eigenvalue weighted by molar-refractivity contribution is 0.126. The van der Waals surface area contributed by atoms with Gasteiger partial charge in [-0.05, 0) is 24.3 Å². The maximum absolute atomic E-state index is 13.0. The molecule has 0 spiro atoms. The highest BCUT2D eigenvalue weighted by Gasteiger charge is 2.18. The van der Waals surface area contributed by atoms with Crippen molar-refractivity contribution in [1.29, 1.82) is 0 Å². The third kappa shape index (κ3) is 5.05. The molecule has 0 saturated heterocycles. The van der Waals surface area contributed by atoms with E-state index in [9.17, 15) is 9.59 Å². The van der Waals surface area contributed by atoms with Crippen LogP contribution in [0.1, 0.15) is 0 Å². The van der Waals surface area contributed by atoms with Crippen LogP contribution in [0.5, 0.6) is 11.5 Å². The van der Waals surface area contributed by atoms with Crippen LogP contribution in [0.3, 0.4) is 0 Å². The standard InChI is InChI=1S/C35H27N3O6/c39-34(37-30-13-5-1-9-26(30)27-10-2-6-14-31(27)37)43-19-17-41-24-21-25(23-36-22-24)42-18-20-44-35(40)38-32-15-7-3-11-28(32)29-12-4-8-16-33(29)38/h1-16,21-23H,17-20H2. The SMILES string of the molecule is O=C(OCCOc1cncc(OCCOC(=O)n2c3ccccc3c3ccccc32)c1)n1c2ccccc2c2ccccc21. The van der Waals surface area contributed by atoms with Crippen LogP contribution in [0.4, 0.5) is 9.59 Å². The molecular formula is C35H27N3O6. The van der Waals surface area contributed by atoms with Crippen LogP contribution in [0.2, 0.25) is 0 Å². The summed E-state index contributed by atoms with van der Waals surface area (Å²) < 4.78 is 25.7. The summed E-state index contributed by atoms with van der Waals surface area (Å²) in [4.78, 5) is 30.2. The summed E-state index contributed by atoms with van der Waals surface area (Å²) in [5.74, 6) is 0.912. The number of carbonyl (C=O) groups excluding carboxylic acids is 2. The summed E-state index contributed by atoms with van der Waals surface area (Å²) in [6.45, 7) is 0.349. The van der Waals surface area contributed by atoms with Gasteiger partial charge in [0.05, 0.1) is 34.5 Å². The zero-order valence-corrected chi connectivity index (χ0v) is 23.6. The second kappa shape index (κ2) is 11.8. The number of para-hydroxylation sites is 4. The van der Waals surface area contributed by atoms with Gasteiger partial charge in [0.15, 0.2) is 0 Å². The Labute approximate surface area is 251 Å². The van der Waals surface area contributed by atoms with Crippen LogP contribution in [-0.4, -0.2) is 52.7 Å². The van der Waals surface area contributed by atoms with E-state index >= 15 is 0 Å². The molecule has 0 aliphatic heterocycles. The zero-order chi connectivity index (χ0) is 29.9. The van der Waals surface area contributed by atoms with Gasteiger partial charge >= 0.3 is 12.2 Å². The van der Waals surface area contributed by atoms with Crippen molar-refractivity contribution in [1.82, 2.24) is 14.1 Å². The molecule has 0 saturated carbocycles. The molecule has 3 heterocycles. The lowest BCUT2D eigenvalue weighted by Gasteiger charge is -2.11. The quantitative estimate of drug-likeness (QED) is 0.171. The molecule has 7 aromatic rings. The molecule has 9 nitrogen and oxygen atoms in total. The van der Waals surface area contributed by atoms with E-state index in [0.717, 1.165) is 43.6 Å². The van der Waals surface area contributed by atoms with Gasteiger partial charge in [-0.15, -0.1) is 0 Å². The fourth-order valence-corrected chi connectivity index (χ4v) is 5.50. The number of hydrogen-bond donors (Lipinski definition) is 0. The van der Waals surface area contributed by atoms with E-state index in [1.54, 1.807) is 27.6 Å². The summed E-state index contributed by atoms with van der Waals surface area (Å²) in [6, 6.07) is 32.6. The minimum atomic E-state index is -0.475. The third-order valence-corrected chi connectivity index (χ3v) is 7.37. The average molecular weight is 586 g/mol. The molecule has 0 N–H and O–H groups in total. The number of benzene rings is 4. The molecule has 3 aromatic heterocycles. The number of aromatic nitrogens is 3. The highest BCUT2D eigenvalue weighted by molar-refractivity contribution is 6.13. The summed E-state index contributed by atoms with van der Waals surface area (Å²) >= 11 is 0. The van der Waals surface area contributed by atoms with Gasteiger partial charge in [-0.25, -0.2) is 18.7 Å². The topological polar surface area (TPSA) is 93.8 Å². The normalized spacial score (nSPS) is 11.3. The predicted octanol–water partition coefficient (Wildman–Crippen LogP) is 7.42. The monoisotopic (exact) mass is 585 g/mol. The highest BCUT2D eigenvalue weighted by atomic mass is 16.6. The molecule has 0 aliphatic carbocycles. The van der Waals surface area contributed by atoms with Gasteiger partial charge in [-0.3, -0.25) is 4.98 Å². The highest BCUT2D eigenvalue weighted by Crippen LogP contribution is 2.30. The Morgan fingerprint density at radius 2 is 0.841 bits per heavy atom. The second-order valence-electron chi connectivity index (χ2n) is 10.0. The smallest absolute Gasteiger partial charge is 0.419 e. The number of hydrogen-bond acceptors (Lipinski definition) is 7. The first kappa shape index (κ1) is 27.0. The van der Waals surface area contributed by atoms with Crippen molar-refractivity contribution in [2.45, 2.75) is 0 Å². The van der Waals surface area contributed by atoms with Crippen molar-refractivity contribution in [2.24, 2.45) is 0 Å². The first-order valence-electron chi connectivity index (χ1n) is 14.2. The molecule has 0 fully saturated rings. The van der Waals surface area contributed by atoms with Gasteiger partial charge in [0.25, 0.3) is 0 Å². The van der Waals surface area contributed by atoms with E-state index < -0.39 is 12.2 Å². The Morgan fingerprint density at radius 1 is 0.500 bits per heavy atom. The number of nitrogens with zero attached hydrogens (tertiary/aromatic N) is 3. The fraction of sp³-hybridized carbons (Fsp3) is 0.114. The molecule has 0 unspecified atom stereocenters. The van der Waals surface area contributed by atoms with Crippen molar-refractivity contribution in [3.63, 3.8) is 0 Å². The summed E-state index contributed by atoms with van der Waals surface area (Å²) in [6.07, 6.45) is 2.14. The van der Waals surface area contributed by atoms with Crippen molar-refractivity contribution in [3.05, 3.63) is 116 Å². The largest absolute Gasteiger partial charge is 0.488 e. The first-order valence-corrected chi connectivity index (χ1v) is 14.2. The summed E-state index contributed by atoms with van der Waals surface area (Å²) in [5.41, 5.74) is 3.15. The van der Waals surface area contributed by atoms with Crippen LogP contribution in [-0.2, 0) is 9.47 Å². The Bertz CT molecular complexity index is 1890. The average Bonchev–Trinajstić information content (AvgIpc) is 3.58. The van der Waals surface area contributed by atoms with E-state index in [-0.39, 0.29) is 26.4 Å². The van der Waals surface area contributed by atoms with E-state index in [1.807, 2.05) is 97.1 Å². The van der Waals surface area contributed by atoms with Crippen molar-refractivity contribution < 1.29 is 28.5 Å². The fourth-order valence-electron chi connectivity index (χ4n) is 5.50. The molecule has 44 heavy (non-hydrogen) atoms. The lowest BCUT2D eigenvalue weighted by atomic mass is 10.2. The van der Waals surface area contributed by atoms with Crippen LogP contribution in [0.15, 0.2) is 116 Å². The van der Waals surface area contributed by atoms with Crippen molar-refractivity contribution >= 4 is 55.8 Å². The maximum Gasteiger partial charge on any atom is 0.419 e. The molecular weight excluding hydrogens is 558 g/mol. The molecule has 0 atom stereocenters. The predicted molar refractivity (Wildman–Crippen MR) is 168 cm³/mol. The van der Waals surface area contributed by atoms with Crippen LogP contribution in [0, 0.1) is 0 Å². The Balaban J connectivity index is 0.917.